The van der Waals surface area contributed by atoms with Crippen LogP contribution in [-0.2, 0) is 11.2 Å². The van der Waals surface area contributed by atoms with E-state index >= 15 is 0 Å². The lowest BCUT2D eigenvalue weighted by Gasteiger charge is -2.28. The van der Waals surface area contributed by atoms with Gasteiger partial charge in [-0.05, 0) is 19.4 Å². The van der Waals surface area contributed by atoms with Crippen molar-refractivity contribution in [2.45, 2.75) is 20.3 Å². The van der Waals surface area contributed by atoms with E-state index in [2.05, 4.69) is 0 Å². The van der Waals surface area contributed by atoms with Gasteiger partial charge in [0.2, 0.25) is 0 Å². The average Bonchev–Trinajstić information content (AvgIpc) is 2.41. The summed E-state index contributed by atoms with van der Waals surface area (Å²) in [6, 6.07) is 5.20. The molecule has 0 fully saturated rings. The first-order valence-corrected chi connectivity index (χ1v) is 6.65. The van der Waals surface area contributed by atoms with Crippen LogP contribution < -0.4 is 15.2 Å². The van der Waals surface area contributed by atoms with Crippen LogP contribution in [0, 0.1) is 0 Å². The zero-order chi connectivity index (χ0) is 15.2. The van der Waals surface area contributed by atoms with E-state index in [1.54, 1.807) is 18.2 Å². The molecule has 1 amide bonds. The highest BCUT2D eigenvalue weighted by Gasteiger charge is 2.32. The summed E-state index contributed by atoms with van der Waals surface area (Å²) in [4.78, 5) is 11.8. The van der Waals surface area contributed by atoms with Gasteiger partial charge in [-0.1, -0.05) is 0 Å². The smallest absolute Gasteiger partial charge is 0.334 e. The van der Waals surface area contributed by atoms with Crippen LogP contribution in [0.5, 0.6) is 5.75 Å². The van der Waals surface area contributed by atoms with E-state index < -0.39 is 4.59 Å². The molecule has 20 heavy (non-hydrogen) atoms. The van der Waals surface area contributed by atoms with Crippen LogP contribution in [0.25, 0.3) is 0 Å². The van der Waals surface area contributed by atoms with Crippen LogP contribution in [0.4, 0.5) is 5.69 Å². The lowest BCUT2D eigenvalue weighted by Crippen LogP contribution is -2.60. The molecule has 6 heteroatoms. The van der Waals surface area contributed by atoms with Crippen molar-refractivity contribution in [2.75, 3.05) is 26.4 Å². The Balaban J connectivity index is 3.23. The molecule has 0 aliphatic heterocycles. The van der Waals surface area contributed by atoms with Crippen LogP contribution in [0.3, 0.4) is 0 Å². The van der Waals surface area contributed by atoms with E-state index in [1.807, 2.05) is 6.92 Å². The molecule has 0 heterocycles. The highest BCUT2D eigenvalue weighted by atomic mass is 16.5. The van der Waals surface area contributed by atoms with Crippen molar-refractivity contribution in [3.05, 3.63) is 23.8 Å². The maximum Gasteiger partial charge on any atom is 0.334 e. The zero-order valence-corrected chi connectivity index (χ0v) is 12.0. The molecule has 1 atom stereocenters. The molecular weight excluding hydrogens is 260 g/mol. The Bertz CT molecular complexity index is 464. The Morgan fingerprint density at radius 3 is 2.55 bits per heavy atom. The van der Waals surface area contributed by atoms with Crippen molar-refractivity contribution in [1.29, 1.82) is 0 Å². The quantitative estimate of drug-likeness (QED) is 0.290. The number of aliphatic hydroxyl groups excluding tert-OH is 2. The van der Waals surface area contributed by atoms with Crippen LogP contribution >= 0.6 is 0 Å². The number of ether oxygens (including phenoxy) is 1. The van der Waals surface area contributed by atoms with Gasteiger partial charge < -0.3 is 14.9 Å². The SMILES string of the molecule is CCOc1ccc([N+](N)(CCO)C(C)=O)cc1CCO. The topological polar surface area (TPSA) is 92.8 Å². The van der Waals surface area contributed by atoms with Crippen LogP contribution in [0.15, 0.2) is 18.2 Å². The largest absolute Gasteiger partial charge is 0.494 e. The highest BCUT2D eigenvalue weighted by Crippen LogP contribution is 2.28. The van der Waals surface area contributed by atoms with Gasteiger partial charge in [0.05, 0.1) is 20.1 Å². The first-order chi connectivity index (χ1) is 9.49. The molecule has 112 valence electrons. The lowest BCUT2D eigenvalue weighted by atomic mass is 10.1. The second-order valence-corrected chi connectivity index (χ2v) is 4.53. The number of carbonyl (C=O) groups is 1. The number of nitrogens with zero attached hydrogens (tertiary/aromatic N) is 1. The molecule has 1 rings (SSSR count). The average molecular weight is 283 g/mol. The van der Waals surface area contributed by atoms with Gasteiger partial charge in [-0.3, -0.25) is 0 Å². The van der Waals surface area contributed by atoms with Crippen LogP contribution in [0.1, 0.15) is 19.4 Å². The molecule has 0 spiro atoms. The summed E-state index contributed by atoms with van der Waals surface area (Å²) < 4.78 is 5.01. The summed E-state index contributed by atoms with van der Waals surface area (Å²) in [5, 5.41) is 18.2. The maximum absolute atomic E-state index is 11.8. The number of quaternary nitrogens is 1. The molecule has 1 unspecified atom stereocenters. The van der Waals surface area contributed by atoms with Gasteiger partial charge in [-0.15, -0.1) is 0 Å². The second kappa shape index (κ2) is 7.35. The number of aliphatic hydroxyl groups is 2. The third-order valence-electron chi connectivity index (χ3n) is 3.20. The third kappa shape index (κ3) is 3.55. The Morgan fingerprint density at radius 2 is 2.05 bits per heavy atom. The van der Waals surface area contributed by atoms with E-state index in [1.165, 1.54) is 6.92 Å². The van der Waals surface area contributed by atoms with Crippen molar-refractivity contribution in [3.8, 4) is 5.75 Å². The molecular formula is C14H23N2O4+. The van der Waals surface area contributed by atoms with Crippen molar-refractivity contribution in [1.82, 2.24) is 4.59 Å². The van der Waals surface area contributed by atoms with Crippen molar-refractivity contribution < 1.29 is 19.7 Å². The molecule has 0 radical (unpaired) electrons. The van der Waals surface area contributed by atoms with Crippen LogP contribution in [-0.4, -0.2) is 42.5 Å². The van der Waals surface area contributed by atoms with E-state index in [-0.39, 0.29) is 25.7 Å². The minimum Gasteiger partial charge on any atom is -0.494 e. The fraction of sp³-hybridized carbons (Fsp3) is 0.500. The molecule has 4 N–H and O–H groups in total. The molecule has 1 aromatic rings. The number of hydrogen-bond donors (Lipinski definition) is 3. The number of benzene rings is 1. The predicted octanol–water partition coefficient (Wildman–Crippen LogP) is 0.340. The van der Waals surface area contributed by atoms with Gasteiger partial charge >= 0.3 is 5.91 Å². The molecule has 0 saturated carbocycles. The number of amides is 1. The van der Waals surface area contributed by atoms with Gasteiger partial charge in [0.25, 0.3) is 0 Å². The first-order valence-electron chi connectivity index (χ1n) is 6.65. The Morgan fingerprint density at radius 1 is 1.35 bits per heavy atom. The Hall–Kier alpha value is -1.47. The molecule has 1 aromatic carbocycles. The summed E-state index contributed by atoms with van der Waals surface area (Å²) in [5.41, 5.74) is 1.36. The highest BCUT2D eigenvalue weighted by molar-refractivity contribution is 5.85. The van der Waals surface area contributed by atoms with Gasteiger partial charge in [-0.2, -0.15) is 10.4 Å². The Labute approximate surface area is 118 Å². The molecule has 6 nitrogen and oxygen atoms in total. The second-order valence-electron chi connectivity index (χ2n) is 4.53. The summed E-state index contributed by atoms with van der Waals surface area (Å²) in [5.74, 6) is 6.49. The first kappa shape index (κ1) is 16.6. The molecule has 0 aliphatic carbocycles. The Kier molecular flexibility index (Phi) is 6.09. The van der Waals surface area contributed by atoms with E-state index in [0.29, 0.717) is 24.5 Å². The minimum atomic E-state index is -0.471. The normalized spacial score (nSPS) is 13.8. The van der Waals surface area contributed by atoms with Crippen molar-refractivity contribution in [2.24, 2.45) is 5.84 Å². The fourth-order valence-corrected chi connectivity index (χ4v) is 2.05. The summed E-state index contributed by atoms with van der Waals surface area (Å²) in [7, 11) is 0. The number of hydrogen-bond acceptors (Lipinski definition) is 5. The summed E-state index contributed by atoms with van der Waals surface area (Å²) in [6.07, 6.45) is 0.417. The molecule has 0 aromatic heterocycles. The van der Waals surface area contributed by atoms with Gasteiger partial charge in [-0.25, -0.2) is 4.79 Å². The van der Waals surface area contributed by atoms with Gasteiger partial charge in [0.15, 0.2) is 5.69 Å². The number of carbonyl (C=O) groups excluding carboxylic acids is 1. The van der Waals surface area contributed by atoms with E-state index in [4.69, 9.17) is 20.8 Å². The molecule has 0 bridgehead atoms. The molecule has 0 saturated heterocycles. The van der Waals surface area contributed by atoms with E-state index in [9.17, 15) is 4.79 Å². The van der Waals surface area contributed by atoms with Crippen molar-refractivity contribution in [3.63, 3.8) is 0 Å². The lowest BCUT2D eigenvalue weighted by molar-refractivity contribution is -0.128. The maximum atomic E-state index is 11.8. The number of nitrogens with two attached hydrogens (primary N) is 1. The zero-order valence-electron chi connectivity index (χ0n) is 12.0. The monoisotopic (exact) mass is 283 g/mol. The van der Waals surface area contributed by atoms with Gasteiger partial charge in [0.1, 0.15) is 12.3 Å². The predicted molar refractivity (Wildman–Crippen MR) is 77.0 cm³/mol. The standard InChI is InChI=1S/C14H23N2O4/c1-3-20-14-5-4-13(10-12(14)6-8-17)16(15,7-9-18)11(2)19/h4-5,10,17-18H,3,6-9,15H2,1-2H3/q+1. The summed E-state index contributed by atoms with van der Waals surface area (Å²) >= 11 is 0. The van der Waals surface area contributed by atoms with Crippen molar-refractivity contribution >= 4 is 11.6 Å². The third-order valence-corrected chi connectivity index (χ3v) is 3.20. The number of rotatable bonds is 7. The van der Waals surface area contributed by atoms with E-state index in [0.717, 1.165) is 5.56 Å². The molecule has 0 aliphatic rings. The van der Waals surface area contributed by atoms with Crippen LogP contribution in [0.2, 0.25) is 0 Å². The minimum absolute atomic E-state index is 0.0197. The fourth-order valence-electron chi connectivity index (χ4n) is 2.05. The summed E-state index contributed by atoms with van der Waals surface area (Å²) in [6.45, 7) is 3.66. The van der Waals surface area contributed by atoms with Gasteiger partial charge in [0, 0.05) is 24.3 Å².